The minimum absolute atomic E-state index is 0.718. The third kappa shape index (κ3) is 2.20. The molecule has 1 heterocycles. The Balaban J connectivity index is 2.62. The van der Waals surface area contributed by atoms with Gasteiger partial charge in [-0.05, 0) is 42.7 Å². The molecule has 0 saturated carbocycles. The summed E-state index contributed by atoms with van der Waals surface area (Å²) in [6.45, 7) is 4.07. The van der Waals surface area contributed by atoms with Gasteiger partial charge in [0.05, 0.1) is 4.34 Å². The first kappa shape index (κ1) is 11.0. The van der Waals surface area contributed by atoms with Crippen LogP contribution in [0.4, 0.5) is 0 Å². The molecule has 1 aromatic carbocycles. The van der Waals surface area contributed by atoms with Crippen LogP contribution in [0.2, 0.25) is 8.67 Å². The Morgan fingerprint density at radius 1 is 1.13 bits per heavy atom. The van der Waals surface area contributed by atoms with Crippen LogP contribution < -0.4 is 0 Å². The van der Waals surface area contributed by atoms with E-state index in [1.165, 1.54) is 16.9 Å². The maximum atomic E-state index is 6.12. The highest BCUT2D eigenvalue weighted by Crippen LogP contribution is 2.39. The van der Waals surface area contributed by atoms with Crippen LogP contribution in [0.25, 0.3) is 11.1 Å². The van der Waals surface area contributed by atoms with Crippen LogP contribution >= 0.6 is 34.5 Å². The summed E-state index contributed by atoms with van der Waals surface area (Å²) < 4.78 is 1.46. The Kier molecular flexibility index (Phi) is 3.06. The fraction of sp³-hybridized carbons (Fsp3) is 0.167. The molecule has 0 bridgehead atoms. The van der Waals surface area contributed by atoms with Crippen LogP contribution in [0, 0.1) is 19.9 Å². The molecule has 0 atom stereocenters. The summed E-state index contributed by atoms with van der Waals surface area (Å²) in [5.74, 6) is 0. The smallest absolute Gasteiger partial charge is 0.102 e. The second-order valence-corrected chi connectivity index (χ2v) is 5.74. The third-order valence-electron chi connectivity index (χ3n) is 2.24. The number of benzene rings is 1. The normalized spacial score (nSPS) is 10.7. The fourth-order valence-corrected chi connectivity index (χ4v) is 2.97. The van der Waals surface area contributed by atoms with Crippen molar-refractivity contribution in [3.8, 4) is 11.1 Å². The Labute approximate surface area is 103 Å². The molecule has 0 N–H and O–H groups in total. The van der Waals surface area contributed by atoms with Crippen molar-refractivity contribution in [2.45, 2.75) is 13.8 Å². The molecule has 1 aromatic heterocycles. The van der Waals surface area contributed by atoms with Crippen molar-refractivity contribution in [2.75, 3.05) is 0 Å². The van der Waals surface area contributed by atoms with Crippen molar-refractivity contribution in [3.63, 3.8) is 0 Å². The molecule has 0 aliphatic rings. The van der Waals surface area contributed by atoms with Gasteiger partial charge in [0.1, 0.15) is 4.34 Å². The predicted octanol–water partition coefficient (Wildman–Crippen LogP) is 5.14. The molecule has 77 valence electrons. The lowest BCUT2D eigenvalue weighted by Gasteiger charge is -2.05. The summed E-state index contributed by atoms with van der Waals surface area (Å²) >= 11 is 13.5. The fourth-order valence-electron chi connectivity index (χ4n) is 1.48. The minimum atomic E-state index is 0.718. The number of halogens is 2. The number of hydrogen-bond acceptors (Lipinski definition) is 1. The number of thiophene rings is 1. The van der Waals surface area contributed by atoms with Crippen LogP contribution in [0.5, 0.6) is 0 Å². The molecule has 1 radical (unpaired) electrons. The van der Waals surface area contributed by atoms with Gasteiger partial charge in [-0.2, -0.15) is 0 Å². The molecule has 0 aliphatic heterocycles. The van der Waals surface area contributed by atoms with Gasteiger partial charge in [-0.3, -0.25) is 0 Å². The van der Waals surface area contributed by atoms with Gasteiger partial charge in [0.15, 0.2) is 0 Å². The van der Waals surface area contributed by atoms with E-state index in [2.05, 4.69) is 12.1 Å². The van der Waals surface area contributed by atoms with Crippen molar-refractivity contribution in [1.29, 1.82) is 0 Å². The van der Waals surface area contributed by atoms with Crippen molar-refractivity contribution in [3.05, 3.63) is 44.1 Å². The summed E-state index contributed by atoms with van der Waals surface area (Å²) in [6.07, 6.45) is 0. The van der Waals surface area contributed by atoms with Gasteiger partial charge < -0.3 is 0 Å². The topological polar surface area (TPSA) is 0 Å². The van der Waals surface area contributed by atoms with Gasteiger partial charge in [0.2, 0.25) is 0 Å². The van der Waals surface area contributed by atoms with Gasteiger partial charge in [-0.25, -0.2) is 0 Å². The van der Waals surface area contributed by atoms with E-state index in [-0.39, 0.29) is 0 Å². The summed E-state index contributed by atoms with van der Waals surface area (Å²) in [7, 11) is 0. The van der Waals surface area contributed by atoms with E-state index in [1.54, 1.807) is 0 Å². The number of hydrogen-bond donors (Lipinski definition) is 0. The summed E-state index contributed by atoms with van der Waals surface area (Å²) in [5.41, 5.74) is 4.39. The molecule has 0 nitrogen and oxygen atoms in total. The van der Waals surface area contributed by atoms with E-state index < -0.39 is 0 Å². The molecule has 0 unspecified atom stereocenters. The van der Waals surface area contributed by atoms with E-state index in [9.17, 15) is 0 Å². The van der Waals surface area contributed by atoms with Gasteiger partial charge in [-0.15, -0.1) is 11.3 Å². The Hall–Kier alpha value is -0.500. The van der Waals surface area contributed by atoms with Crippen LogP contribution in [0.15, 0.2) is 18.2 Å². The zero-order valence-corrected chi connectivity index (χ0v) is 10.7. The summed E-state index contributed by atoms with van der Waals surface area (Å²) in [6, 6.07) is 9.19. The lowest BCUT2D eigenvalue weighted by Crippen LogP contribution is -1.83. The zero-order valence-electron chi connectivity index (χ0n) is 8.40. The van der Waals surface area contributed by atoms with Gasteiger partial charge >= 0.3 is 0 Å². The first-order chi connectivity index (χ1) is 7.08. The molecule has 15 heavy (non-hydrogen) atoms. The van der Waals surface area contributed by atoms with E-state index in [1.807, 2.05) is 26.0 Å². The highest BCUT2D eigenvalue weighted by molar-refractivity contribution is 7.20. The van der Waals surface area contributed by atoms with Gasteiger partial charge in [0, 0.05) is 5.56 Å². The predicted molar refractivity (Wildman–Crippen MR) is 68.1 cm³/mol. The average Bonchev–Trinajstić information content (AvgIpc) is 2.50. The van der Waals surface area contributed by atoms with E-state index in [0.29, 0.717) is 0 Å². The molecule has 0 amide bonds. The van der Waals surface area contributed by atoms with Crippen molar-refractivity contribution >= 4 is 34.5 Å². The Morgan fingerprint density at radius 3 is 2.47 bits per heavy atom. The molecule has 0 spiro atoms. The maximum absolute atomic E-state index is 6.12. The van der Waals surface area contributed by atoms with Crippen LogP contribution in [0.3, 0.4) is 0 Å². The lowest BCUT2D eigenvalue weighted by molar-refractivity contribution is 1.39. The van der Waals surface area contributed by atoms with E-state index in [0.717, 1.165) is 25.4 Å². The summed E-state index contributed by atoms with van der Waals surface area (Å²) in [4.78, 5) is 0. The molecule has 0 aliphatic carbocycles. The molecule has 2 aromatic rings. The first-order valence-corrected chi connectivity index (χ1v) is 6.09. The second-order valence-electron chi connectivity index (χ2n) is 3.45. The first-order valence-electron chi connectivity index (χ1n) is 4.52. The highest BCUT2D eigenvalue weighted by Gasteiger charge is 2.10. The Bertz CT molecular complexity index is 500. The van der Waals surface area contributed by atoms with Crippen LogP contribution in [-0.2, 0) is 0 Å². The maximum Gasteiger partial charge on any atom is 0.102 e. The van der Waals surface area contributed by atoms with Crippen molar-refractivity contribution in [1.82, 2.24) is 0 Å². The standard InChI is InChI=1S/C12H9Cl2S/c1-7-3-4-8(2)9(5-7)10-6-11(13)15-12(10)14/h3,5-6H,1-2H3. The monoisotopic (exact) mass is 255 g/mol. The van der Waals surface area contributed by atoms with Crippen molar-refractivity contribution < 1.29 is 0 Å². The van der Waals surface area contributed by atoms with Gasteiger partial charge in [-0.1, -0.05) is 35.3 Å². The number of aryl methyl sites for hydroxylation is 2. The highest BCUT2D eigenvalue weighted by atomic mass is 35.5. The average molecular weight is 256 g/mol. The van der Waals surface area contributed by atoms with Crippen molar-refractivity contribution in [2.24, 2.45) is 0 Å². The second kappa shape index (κ2) is 4.17. The third-order valence-corrected chi connectivity index (χ3v) is 3.73. The summed E-state index contributed by atoms with van der Waals surface area (Å²) in [5, 5.41) is 0. The molecule has 0 saturated heterocycles. The Morgan fingerprint density at radius 2 is 1.87 bits per heavy atom. The molecule has 2 rings (SSSR count). The lowest BCUT2D eigenvalue weighted by atomic mass is 10.0. The quantitative estimate of drug-likeness (QED) is 0.662. The molecule has 0 fully saturated rings. The van der Waals surface area contributed by atoms with Crippen LogP contribution in [0.1, 0.15) is 11.1 Å². The van der Waals surface area contributed by atoms with E-state index in [4.69, 9.17) is 23.2 Å². The van der Waals surface area contributed by atoms with Crippen LogP contribution in [-0.4, -0.2) is 0 Å². The van der Waals surface area contributed by atoms with E-state index >= 15 is 0 Å². The largest absolute Gasteiger partial charge is 0.111 e. The zero-order chi connectivity index (χ0) is 11.0. The number of rotatable bonds is 1. The molecule has 3 heteroatoms. The minimum Gasteiger partial charge on any atom is -0.111 e. The molecular weight excluding hydrogens is 247 g/mol. The molecular formula is C12H9Cl2S. The van der Waals surface area contributed by atoms with Gasteiger partial charge in [0.25, 0.3) is 0 Å². The SMILES string of the molecule is Cc1c[c]c(C)c(-c2cc(Cl)sc2Cl)c1.